The number of aromatic nitrogens is 3. The van der Waals surface area contributed by atoms with E-state index in [-0.39, 0.29) is 18.0 Å². The van der Waals surface area contributed by atoms with Gasteiger partial charge in [-0.2, -0.15) is 10.4 Å². The fraction of sp³-hybridized carbons (Fsp3) is 0.500. The Bertz CT molecular complexity index is 428. The Balaban J connectivity index is 2.76. The zero-order valence-electron chi connectivity index (χ0n) is 6.98. The second-order valence-electron chi connectivity index (χ2n) is 2.60. The average Bonchev–Trinajstić information content (AvgIpc) is 2.33. The van der Waals surface area contributed by atoms with Crippen molar-refractivity contribution in [2.75, 3.05) is 6.26 Å². The highest BCUT2D eigenvalue weighted by Gasteiger charge is 2.08. The third-order valence-electron chi connectivity index (χ3n) is 1.21. The van der Waals surface area contributed by atoms with Crippen molar-refractivity contribution >= 4 is 9.84 Å². The molecule has 0 aliphatic heterocycles. The molecule has 0 radical (unpaired) electrons. The molecule has 0 aromatic carbocycles. The molecule has 1 aromatic heterocycles. The minimum Gasteiger partial charge on any atom is -0.262 e. The molecule has 7 heteroatoms. The van der Waals surface area contributed by atoms with Gasteiger partial charge in [0.05, 0.1) is 12.5 Å². The summed E-state index contributed by atoms with van der Waals surface area (Å²) in [7, 11) is -3.10. The van der Waals surface area contributed by atoms with Gasteiger partial charge in [-0.3, -0.25) is 5.10 Å². The van der Waals surface area contributed by atoms with Crippen LogP contribution in [0.4, 0.5) is 0 Å². The van der Waals surface area contributed by atoms with Crippen molar-refractivity contribution in [3.05, 3.63) is 11.6 Å². The van der Waals surface area contributed by atoms with E-state index >= 15 is 0 Å². The summed E-state index contributed by atoms with van der Waals surface area (Å²) in [5, 5.41) is 14.4. The molecule has 1 rings (SSSR count). The van der Waals surface area contributed by atoms with Crippen molar-refractivity contribution in [2.45, 2.75) is 12.2 Å². The van der Waals surface area contributed by atoms with Gasteiger partial charge < -0.3 is 0 Å². The van der Waals surface area contributed by atoms with Crippen LogP contribution in [0.1, 0.15) is 11.6 Å². The summed E-state index contributed by atoms with van der Waals surface area (Å²) in [6.07, 6.45) is 1.19. The van der Waals surface area contributed by atoms with Gasteiger partial charge in [0.25, 0.3) is 0 Å². The molecule has 0 spiro atoms. The van der Waals surface area contributed by atoms with E-state index < -0.39 is 9.84 Å². The lowest BCUT2D eigenvalue weighted by atomic mass is 10.5. The average molecular weight is 200 g/mol. The molecule has 0 unspecified atom stereocenters. The number of sulfone groups is 1. The van der Waals surface area contributed by atoms with Crippen molar-refractivity contribution in [2.24, 2.45) is 0 Å². The Labute approximate surface area is 75.5 Å². The monoisotopic (exact) mass is 200 g/mol. The third kappa shape index (κ3) is 3.21. The lowest BCUT2D eigenvalue weighted by molar-refractivity contribution is 0.599. The standard InChI is InChI=1S/C6H8N4O2S/c1-13(11,12)4-6-8-5(2-3-7)9-10-6/h2,4H2,1H3,(H,8,9,10). The number of nitriles is 1. The molecule has 0 fully saturated rings. The van der Waals surface area contributed by atoms with Gasteiger partial charge in [0.1, 0.15) is 11.6 Å². The molecule has 0 amide bonds. The first kappa shape index (κ1) is 9.67. The maximum atomic E-state index is 10.8. The van der Waals surface area contributed by atoms with Gasteiger partial charge in [0.15, 0.2) is 15.7 Å². The molecule has 0 aliphatic carbocycles. The zero-order chi connectivity index (χ0) is 9.90. The predicted molar refractivity (Wildman–Crippen MR) is 44.2 cm³/mol. The third-order valence-corrected chi connectivity index (χ3v) is 2.01. The van der Waals surface area contributed by atoms with E-state index in [1.807, 2.05) is 6.07 Å². The number of hydrogen-bond acceptors (Lipinski definition) is 5. The van der Waals surface area contributed by atoms with Gasteiger partial charge >= 0.3 is 0 Å². The molecular weight excluding hydrogens is 192 g/mol. The zero-order valence-corrected chi connectivity index (χ0v) is 7.80. The minimum absolute atomic E-state index is 0.0836. The Morgan fingerprint density at radius 1 is 1.62 bits per heavy atom. The fourth-order valence-electron chi connectivity index (χ4n) is 0.798. The SMILES string of the molecule is CS(=O)(=O)Cc1nc(CC#N)n[nH]1. The summed E-state index contributed by atoms with van der Waals surface area (Å²) in [4.78, 5) is 3.82. The van der Waals surface area contributed by atoms with Crippen LogP contribution in [0.2, 0.25) is 0 Å². The first-order chi connectivity index (χ1) is 6.01. The van der Waals surface area contributed by atoms with Crippen molar-refractivity contribution < 1.29 is 8.42 Å². The minimum atomic E-state index is -3.10. The van der Waals surface area contributed by atoms with Crippen LogP contribution in [-0.2, 0) is 22.0 Å². The highest BCUT2D eigenvalue weighted by Crippen LogP contribution is 1.98. The van der Waals surface area contributed by atoms with Crippen LogP contribution in [0.25, 0.3) is 0 Å². The summed E-state index contributed by atoms with van der Waals surface area (Å²) in [5.41, 5.74) is 0. The normalized spacial score (nSPS) is 11.1. The molecule has 0 saturated carbocycles. The Morgan fingerprint density at radius 3 is 2.85 bits per heavy atom. The second kappa shape index (κ2) is 3.53. The largest absolute Gasteiger partial charge is 0.262 e. The van der Waals surface area contributed by atoms with Gasteiger partial charge in [-0.15, -0.1) is 0 Å². The van der Waals surface area contributed by atoms with E-state index in [4.69, 9.17) is 5.26 Å². The van der Waals surface area contributed by atoms with Crippen LogP contribution < -0.4 is 0 Å². The van der Waals surface area contributed by atoms with E-state index in [2.05, 4.69) is 15.2 Å². The molecule has 0 atom stereocenters. The Kier molecular flexibility index (Phi) is 2.63. The quantitative estimate of drug-likeness (QED) is 0.703. The van der Waals surface area contributed by atoms with Gasteiger partial charge in [-0.25, -0.2) is 13.4 Å². The molecular formula is C6H8N4O2S. The molecule has 1 aromatic rings. The van der Waals surface area contributed by atoms with Crippen LogP contribution in [0.15, 0.2) is 0 Å². The van der Waals surface area contributed by atoms with Crippen LogP contribution >= 0.6 is 0 Å². The fourth-order valence-corrected chi connectivity index (χ4v) is 1.42. The van der Waals surface area contributed by atoms with Gasteiger partial charge in [0, 0.05) is 6.26 Å². The number of nitrogens with zero attached hydrogens (tertiary/aromatic N) is 3. The van der Waals surface area contributed by atoms with Crippen molar-refractivity contribution in [1.82, 2.24) is 15.2 Å². The maximum absolute atomic E-state index is 10.8. The predicted octanol–water partition coefficient (Wildman–Crippen LogP) is -0.585. The number of nitrogens with one attached hydrogen (secondary N) is 1. The smallest absolute Gasteiger partial charge is 0.164 e. The molecule has 1 N–H and O–H groups in total. The van der Waals surface area contributed by atoms with Crippen molar-refractivity contribution in [1.29, 1.82) is 5.26 Å². The molecule has 0 bridgehead atoms. The second-order valence-corrected chi connectivity index (χ2v) is 4.74. The maximum Gasteiger partial charge on any atom is 0.164 e. The summed E-state index contributed by atoms with van der Waals surface area (Å²) >= 11 is 0. The molecule has 13 heavy (non-hydrogen) atoms. The Hall–Kier alpha value is -1.42. The number of hydrogen-bond donors (Lipinski definition) is 1. The van der Waals surface area contributed by atoms with E-state index in [0.29, 0.717) is 5.82 Å². The number of rotatable bonds is 3. The van der Waals surface area contributed by atoms with E-state index in [1.165, 1.54) is 0 Å². The van der Waals surface area contributed by atoms with Gasteiger partial charge in [0.2, 0.25) is 0 Å². The van der Waals surface area contributed by atoms with Crippen LogP contribution in [-0.4, -0.2) is 29.9 Å². The Morgan fingerprint density at radius 2 is 2.31 bits per heavy atom. The lowest BCUT2D eigenvalue weighted by Crippen LogP contribution is -2.02. The van der Waals surface area contributed by atoms with Crippen LogP contribution in [0.5, 0.6) is 0 Å². The van der Waals surface area contributed by atoms with Crippen molar-refractivity contribution in [3.63, 3.8) is 0 Å². The number of H-pyrrole nitrogens is 1. The molecule has 0 aliphatic rings. The molecule has 1 heterocycles. The van der Waals surface area contributed by atoms with Gasteiger partial charge in [-0.1, -0.05) is 0 Å². The summed E-state index contributed by atoms with van der Waals surface area (Å²) in [6, 6.07) is 1.87. The van der Waals surface area contributed by atoms with E-state index in [0.717, 1.165) is 6.26 Å². The van der Waals surface area contributed by atoms with Crippen LogP contribution in [0, 0.1) is 11.3 Å². The van der Waals surface area contributed by atoms with Crippen molar-refractivity contribution in [3.8, 4) is 6.07 Å². The summed E-state index contributed by atoms with van der Waals surface area (Å²) in [5.74, 6) is 0.416. The summed E-state index contributed by atoms with van der Waals surface area (Å²) < 4.78 is 21.6. The highest BCUT2D eigenvalue weighted by molar-refractivity contribution is 7.89. The van der Waals surface area contributed by atoms with Crippen LogP contribution in [0.3, 0.4) is 0 Å². The lowest BCUT2D eigenvalue weighted by Gasteiger charge is -1.90. The van der Waals surface area contributed by atoms with E-state index in [9.17, 15) is 8.42 Å². The van der Waals surface area contributed by atoms with E-state index in [1.54, 1.807) is 0 Å². The summed E-state index contributed by atoms with van der Waals surface area (Å²) in [6.45, 7) is 0. The topological polar surface area (TPSA) is 99.5 Å². The highest BCUT2D eigenvalue weighted by atomic mass is 32.2. The number of aromatic amines is 1. The molecule has 0 saturated heterocycles. The first-order valence-corrected chi connectivity index (χ1v) is 5.52. The molecule has 6 nitrogen and oxygen atoms in total. The first-order valence-electron chi connectivity index (χ1n) is 3.46. The molecule has 70 valence electrons. The van der Waals surface area contributed by atoms with Gasteiger partial charge in [-0.05, 0) is 0 Å².